The highest BCUT2D eigenvalue weighted by Gasteiger charge is 2.00. The molecular formula is C15H13IN2O. The third kappa shape index (κ3) is 4.82. The van der Waals surface area contributed by atoms with E-state index in [0.29, 0.717) is 6.42 Å². The maximum atomic E-state index is 11.6. The van der Waals surface area contributed by atoms with Gasteiger partial charge >= 0.3 is 0 Å². The predicted molar refractivity (Wildman–Crippen MR) is 85.0 cm³/mol. The van der Waals surface area contributed by atoms with E-state index in [0.717, 1.165) is 14.7 Å². The lowest BCUT2D eigenvalue weighted by Crippen LogP contribution is -2.19. The zero-order valence-electron chi connectivity index (χ0n) is 10.2. The van der Waals surface area contributed by atoms with Crippen LogP contribution < -0.4 is 5.43 Å². The Morgan fingerprint density at radius 3 is 2.68 bits per heavy atom. The summed E-state index contributed by atoms with van der Waals surface area (Å²) in [6.45, 7) is 0. The second kappa shape index (κ2) is 7.04. The fraction of sp³-hybridized carbons (Fsp3) is 0.0667. The van der Waals surface area contributed by atoms with Crippen LogP contribution in [0, 0.1) is 3.57 Å². The average molecular weight is 364 g/mol. The second-order valence-corrected chi connectivity index (χ2v) is 5.26. The third-order valence-electron chi connectivity index (χ3n) is 2.46. The van der Waals surface area contributed by atoms with Crippen molar-refractivity contribution in [2.45, 2.75) is 6.42 Å². The molecule has 0 saturated carbocycles. The number of rotatable bonds is 4. The second-order valence-electron chi connectivity index (χ2n) is 4.01. The monoisotopic (exact) mass is 364 g/mol. The van der Waals surface area contributed by atoms with Crippen molar-refractivity contribution in [1.82, 2.24) is 5.43 Å². The van der Waals surface area contributed by atoms with Gasteiger partial charge in [-0.3, -0.25) is 4.79 Å². The molecule has 1 amide bonds. The van der Waals surface area contributed by atoms with Gasteiger partial charge in [0.15, 0.2) is 0 Å². The molecule has 0 saturated heterocycles. The smallest absolute Gasteiger partial charge is 0.244 e. The molecule has 0 atom stereocenters. The Balaban J connectivity index is 1.87. The van der Waals surface area contributed by atoms with Crippen LogP contribution in [-0.4, -0.2) is 12.1 Å². The van der Waals surface area contributed by atoms with Gasteiger partial charge < -0.3 is 0 Å². The Labute approximate surface area is 125 Å². The minimum atomic E-state index is -0.118. The zero-order chi connectivity index (χ0) is 13.5. The standard InChI is InChI=1S/C15H13IN2O/c16-14-8-4-7-13(9-14)11-17-18-15(19)10-12-5-2-1-3-6-12/h1-9,11H,10H2,(H,18,19)/b17-11-. The van der Waals surface area contributed by atoms with Crippen molar-refractivity contribution >= 4 is 34.7 Å². The fourth-order valence-corrected chi connectivity index (χ4v) is 2.15. The molecule has 4 heteroatoms. The summed E-state index contributed by atoms with van der Waals surface area (Å²) in [5.41, 5.74) is 4.47. The highest BCUT2D eigenvalue weighted by Crippen LogP contribution is 2.05. The Morgan fingerprint density at radius 1 is 1.16 bits per heavy atom. The number of hydrazone groups is 1. The Kier molecular flexibility index (Phi) is 5.09. The Hall–Kier alpha value is -1.69. The van der Waals surface area contributed by atoms with Crippen LogP contribution in [0.2, 0.25) is 0 Å². The van der Waals surface area contributed by atoms with Gasteiger partial charge in [-0.15, -0.1) is 0 Å². The highest BCUT2D eigenvalue weighted by atomic mass is 127. The number of halogens is 1. The quantitative estimate of drug-likeness (QED) is 0.506. The fourth-order valence-electron chi connectivity index (χ4n) is 1.59. The van der Waals surface area contributed by atoms with Gasteiger partial charge in [-0.2, -0.15) is 5.10 Å². The van der Waals surface area contributed by atoms with Crippen LogP contribution in [0.5, 0.6) is 0 Å². The van der Waals surface area contributed by atoms with E-state index < -0.39 is 0 Å². The number of carbonyl (C=O) groups is 1. The van der Waals surface area contributed by atoms with Crippen molar-refractivity contribution < 1.29 is 4.79 Å². The van der Waals surface area contributed by atoms with Crippen LogP contribution in [0.25, 0.3) is 0 Å². The van der Waals surface area contributed by atoms with E-state index >= 15 is 0 Å². The van der Waals surface area contributed by atoms with Crippen LogP contribution in [0.1, 0.15) is 11.1 Å². The van der Waals surface area contributed by atoms with Crippen molar-refractivity contribution in [3.8, 4) is 0 Å². The molecule has 0 bridgehead atoms. The molecule has 0 aliphatic heterocycles. The van der Waals surface area contributed by atoms with Gasteiger partial charge in [0.2, 0.25) is 5.91 Å². The van der Waals surface area contributed by atoms with E-state index in [1.165, 1.54) is 0 Å². The first-order chi connectivity index (χ1) is 9.24. The molecule has 0 unspecified atom stereocenters. The summed E-state index contributed by atoms with van der Waals surface area (Å²) >= 11 is 2.24. The molecule has 0 aliphatic carbocycles. The molecule has 0 aromatic heterocycles. The molecule has 2 rings (SSSR count). The van der Waals surface area contributed by atoms with E-state index in [1.807, 2.05) is 54.6 Å². The minimum absolute atomic E-state index is 0.118. The van der Waals surface area contributed by atoms with Gasteiger partial charge in [-0.1, -0.05) is 42.5 Å². The first-order valence-corrected chi connectivity index (χ1v) is 6.93. The molecule has 96 valence electrons. The maximum Gasteiger partial charge on any atom is 0.244 e. The molecule has 3 nitrogen and oxygen atoms in total. The Morgan fingerprint density at radius 2 is 1.95 bits per heavy atom. The molecule has 0 heterocycles. The van der Waals surface area contributed by atoms with Gasteiger partial charge in [0.1, 0.15) is 0 Å². The Bertz CT molecular complexity index is 582. The molecule has 0 radical (unpaired) electrons. The normalized spacial score (nSPS) is 10.6. The number of carbonyl (C=O) groups excluding carboxylic acids is 1. The van der Waals surface area contributed by atoms with Crippen molar-refractivity contribution in [2.24, 2.45) is 5.10 Å². The number of amides is 1. The summed E-state index contributed by atoms with van der Waals surface area (Å²) < 4.78 is 1.14. The van der Waals surface area contributed by atoms with E-state index in [4.69, 9.17) is 0 Å². The molecule has 19 heavy (non-hydrogen) atoms. The van der Waals surface area contributed by atoms with Gasteiger partial charge in [-0.05, 0) is 45.9 Å². The van der Waals surface area contributed by atoms with Crippen molar-refractivity contribution in [3.63, 3.8) is 0 Å². The molecule has 0 fully saturated rings. The van der Waals surface area contributed by atoms with E-state index in [-0.39, 0.29) is 5.91 Å². The number of hydrogen-bond donors (Lipinski definition) is 1. The summed E-state index contributed by atoms with van der Waals surface area (Å²) in [6.07, 6.45) is 1.98. The number of nitrogens with zero attached hydrogens (tertiary/aromatic N) is 1. The SMILES string of the molecule is O=C(Cc1ccccc1)N/N=C\c1cccc(I)c1. The van der Waals surface area contributed by atoms with Crippen molar-refractivity contribution in [2.75, 3.05) is 0 Å². The summed E-state index contributed by atoms with van der Waals surface area (Å²) in [5.74, 6) is -0.118. The van der Waals surface area contributed by atoms with Crippen LogP contribution in [0.15, 0.2) is 59.7 Å². The summed E-state index contributed by atoms with van der Waals surface area (Å²) in [4.78, 5) is 11.6. The molecule has 0 aliphatic rings. The topological polar surface area (TPSA) is 41.5 Å². The van der Waals surface area contributed by atoms with Gasteiger partial charge in [0.05, 0.1) is 12.6 Å². The highest BCUT2D eigenvalue weighted by molar-refractivity contribution is 14.1. The van der Waals surface area contributed by atoms with Crippen LogP contribution >= 0.6 is 22.6 Å². The van der Waals surface area contributed by atoms with E-state index in [1.54, 1.807) is 6.21 Å². The molecule has 2 aromatic rings. The van der Waals surface area contributed by atoms with Crippen molar-refractivity contribution in [3.05, 3.63) is 69.3 Å². The van der Waals surface area contributed by atoms with Gasteiger partial charge in [-0.25, -0.2) is 5.43 Å². The number of nitrogens with one attached hydrogen (secondary N) is 1. The zero-order valence-corrected chi connectivity index (χ0v) is 12.4. The molecule has 1 N–H and O–H groups in total. The van der Waals surface area contributed by atoms with Crippen LogP contribution in [-0.2, 0) is 11.2 Å². The summed E-state index contributed by atoms with van der Waals surface area (Å²) in [5, 5.41) is 3.95. The number of hydrogen-bond acceptors (Lipinski definition) is 2. The van der Waals surface area contributed by atoms with Crippen LogP contribution in [0.4, 0.5) is 0 Å². The lowest BCUT2D eigenvalue weighted by atomic mass is 10.1. The van der Waals surface area contributed by atoms with Crippen LogP contribution in [0.3, 0.4) is 0 Å². The van der Waals surface area contributed by atoms with E-state index in [9.17, 15) is 4.79 Å². The number of benzene rings is 2. The summed E-state index contributed by atoms with van der Waals surface area (Å²) in [7, 11) is 0. The van der Waals surface area contributed by atoms with Gasteiger partial charge in [0, 0.05) is 3.57 Å². The molecular weight excluding hydrogens is 351 g/mol. The van der Waals surface area contributed by atoms with E-state index in [2.05, 4.69) is 33.1 Å². The lowest BCUT2D eigenvalue weighted by molar-refractivity contribution is -0.120. The summed E-state index contributed by atoms with van der Waals surface area (Å²) in [6, 6.07) is 17.5. The average Bonchev–Trinajstić information content (AvgIpc) is 2.40. The molecule has 2 aromatic carbocycles. The minimum Gasteiger partial charge on any atom is -0.273 e. The maximum absolute atomic E-state index is 11.6. The largest absolute Gasteiger partial charge is 0.273 e. The first kappa shape index (κ1) is 13.7. The first-order valence-electron chi connectivity index (χ1n) is 5.85. The van der Waals surface area contributed by atoms with Crippen molar-refractivity contribution in [1.29, 1.82) is 0 Å². The van der Waals surface area contributed by atoms with Gasteiger partial charge in [0.25, 0.3) is 0 Å². The molecule has 0 spiro atoms. The predicted octanol–water partition coefficient (Wildman–Crippen LogP) is 2.98. The lowest BCUT2D eigenvalue weighted by Gasteiger charge is -2.00. The third-order valence-corrected chi connectivity index (χ3v) is 3.13.